The van der Waals surface area contributed by atoms with Gasteiger partial charge >= 0.3 is 17.9 Å². The predicted octanol–water partition coefficient (Wildman–Crippen LogP) is 7.47. The number of carboxylic acid groups (broad SMARTS) is 1. The monoisotopic (exact) mass is 544 g/mol. The molecule has 0 saturated carbocycles. The van der Waals surface area contributed by atoms with Crippen LogP contribution in [0.3, 0.4) is 0 Å². The molecule has 1 N–H and O–H groups in total. The molecule has 0 saturated heterocycles. The van der Waals surface area contributed by atoms with Gasteiger partial charge in [0.2, 0.25) is 0 Å². The van der Waals surface area contributed by atoms with Gasteiger partial charge in [-0.15, -0.1) is 0 Å². The van der Waals surface area contributed by atoms with E-state index >= 15 is 0 Å². The van der Waals surface area contributed by atoms with Crippen molar-refractivity contribution in [3.8, 4) is 0 Å². The van der Waals surface area contributed by atoms with Crippen molar-refractivity contribution in [3.63, 3.8) is 0 Å². The molecule has 0 radical (unpaired) electrons. The molecule has 0 fully saturated rings. The molecule has 4 aromatic rings. The van der Waals surface area contributed by atoms with Gasteiger partial charge in [-0.1, -0.05) is 72.9 Å². The summed E-state index contributed by atoms with van der Waals surface area (Å²) in [6.45, 7) is 0. The van der Waals surface area contributed by atoms with E-state index in [1.54, 1.807) is 48.5 Å². The van der Waals surface area contributed by atoms with E-state index in [0.29, 0.717) is 11.1 Å². The highest BCUT2D eigenvalue weighted by molar-refractivity contribution is 5.90. The molecular weight excluding hydrogens is 516 g/mol. The fourth-order valence-corrected chi connectivity index (χ4v) is 4.00. The third kappa shape index (κ3) is 8.00. The maximum Gasteiger partial charge on any atom is 0.337 e. The topological polar surface area (TPSA) is 89.9 Å². The molecule has 4 aromatic carbocycles. The van der Waals surface area contributed by atoms with Crippen LogP contribution in [-0.4, -0.2) is 37.2 Å². The Bertz CT molecular complexity index is 1540. The summed E-state index contributed by atoms with van der Waals surface area (Å²) in [6, 6.07) is 27.1. The maximum atomic E-state index is 11.7. The Morgan fingerprint density at radius 1 is 0.463 bits per heavy atom. The Hall–Kier alpha value is -5.49. The Balaban J connectivity index is 1.62. The molecule has 0 heterocycles. The van der Waals surface area contributed by atoms with Crippen molar-refractivity contribution < 1.29 is 29.0 Å². The van der Waals surface area contributed by atoms with Gasteiger partial charge in [-0.2, -0.15) is 0 Å². The number of methoxy groups -OCH3 is 2. The highest BCUT2D eigenvalue weighted by Gasteiger charge is 2.05. The van der Waals surface area contributed by atoms with Gasteiger partial charge in [0.05, 0.1) is 30.9 Å². The van der Waals surface area contributed by atoms with E-state index in [4.69, 9.17) is 14.6 Å². The van der Waals surface area contributed by atoms with Crippen molar-refractivity contribution in [2.75, 3.05) is 14.2 Å². The van der Waals surface area contributed by atoms with Crippen LogP contribution >= 0.6 is 0 Å². The van der Waals surface area contributed by atoms with Crippen LogP contribution in [-0.2, 0) is 9.47 Å². The molecule has 4 rings (SSSR count). The molecule has 0 aliphatic rings. The van der Waals surface area contributed by atoms with Gasteiger partial charge in [-0.05, 0) is 88.0 Å². The fourth-order valence-electron chi connectivity index (χ4n) is 4.00. The number of ether oxygens (including phenoxy) is 2. The lowest BCUT2D eigenvalue weighted by Crippen LogP contribution is -2.00. The number of hydrogen-bond donors (Lipinski definition) is 1. The van der Waals surface area contributed by atoms with Crippen LogP contribution in [0.25, 0.3) is 36.5 Å². The quantitative estimate of drug-likeness (QED) is 0.174. The van der Waals surface area contributed by atoms with Crippen molar-refractivity contribution in [3.05, 3.63) is 141 Å². The molecule has 0 aliphatic heterocycles. The van der Waals surface area contributed by atoms with E-state index in [9.17, 15) is 14.4 Å². The Labute approximate surface area is 238 Å². The van der Waals surface area contributed by atoms with E-state index in [1.807, 2.05) is 72.9 Å². The maximum absolute atomic E-state index is 11.7. The number of carboxylic acids is 1. The van der Waals surface area contributed by atoms with E-state index in [-0.39, 0.29) is 17.5 Å². The second-order valence-electron chi connectivity index (χ2n) is 9.09. The lowest BCUT2D eigenvalue weighted by molar-refractivity contribution is 0.0592. The highest BCUT2D eigenvalue weighted by Crippen LogP contribution is 2.20. The minimum absolute atomic E-state index is 0.237. The lowest BCUT2D eigenvalue weighted by Gasteiger charge is -2.04. The molecule has 6 heteroatoms. The van der Waals surface area contributed by atoms with Crippen molar-refractivity contribution >= 4 is 54.4 Å². The summed E-state index contributed by atoms with van der Waals surface area (Å²) in [5.41, 5.74) is 6.83. The van der Waals surface area contributed by atoms with E-state index in [2.05, 4.69) is 6.07 Å². The van der Waals surface area contributed by atoms with Gasteiger partial charge in [0.15, 0.2) is 0 Å². The lowest BCUT2D eigenvalue weighted by atomic mass is 10.0. The van der Waals surface area contributed by atoms with Crippen LogP contribution in [0.2, 0.25) is 0 Å². The summed E-state index contributed by atoms with van der Waals surface area (Å²) < 4.78 is 9.53. The van der Waals surface area contributed by atoms with Crippen molar-refractivity contribution in [2.45, 2.75) is 0 Å². The first kappa shape index (κ1) is 28.5. The largest absolute Gasteiger partial charge is 0.478 e. The van der Waals surface area contributed by atoms with Gasteiger partial charge in [-0.3, -0.25) is 0 Å². The van der Waals surface area contributed by atoms with Crippen LogP contribution in [0.15, 0.2) is 91.0 Å². The summed E-state index contributed by atoms with van der Waals surface area (Å²) >= 11 is 0. The summed E-state index contributed by atoms with van der Waals surface area (Å²) in [6.07, 6.45) is 11.8. The van der Waals surface area contributed by atoms with Crippen molar-refractivity contribution in [1.82, 2.24) is 0 Å². The number of carbonyl (C=O) groups is 3. The minimum atomic E-state index is -0.962. The minimum Gasteiger partial charge on any atom is -0.478 e. The first-order valence-corrected chi connectivity index (χ1v) is 12.7. The number of benzene rings is 4. The third-order valence-electron chi connectivity index (χ3n) is 6.23. The van der Waals surface area contributed by atoms with Crippen LogP contribution in [0.1, 0.15) is 64.5 Å². The SMILES string of the molecule is COC(=O)c1ccc(/C=C/c2cc(/C=C/c3ccc(C(=O)O)cc3)cc(/C=C/c3ccc(C(=O)OC)cc3)c2)cc1. The summed E-state index contributed by atoms with van der Waals surface area (Å²) in [7, 11) is 2.71. The molecule has 0 bridgehead atoms. The van der Waals surface area contributed by atoms with Crippen LogP contribution in [0, 0.1) is 0 Å². The van der Waals surface area contributed by atoms with Gasteiger partial charge in [-0.25, -0.2) is 14.4 Å². The predicted molar refractivity (Wildman–Crippen MR) is 162 cm³/mol. The normalized spacial score (nSPS) is 11.3. The molecule has 204 valence electrons. The number of hydrogen-bond acceptors (Lipinski definition) is 5. The first-order valence-electron chi connectivity index (χ1n) is 12.7. The molecule has 0 aromatic heterocycles. The molecule has 0 atom stereocenters. The number of esters is 2. The highest BCUT2D eigenvalue weighted by atomic mass is 16.5. The van der Waals surface area contributed by atoms with Crippen LogP contribution in [0.5, 0.6) is 0 Å². The Morgan fingerprint density at radius 3 is 1.00 bits per heavy atom. The summed E-state index contributed by atoms with van der Waals surface area (Å²) in [5.74, 6) is -1.72. The Morgan fingerprint density at radius 2 is 0.732 bits per heavy atom. The van der Waals surface area contributed by atoms with Gasteiger partial charge < -0.3 is 14.6 Å². The summed E-state index contributed by atoms with van der Waals surface area (Å²) in [4.78, 5) is 34.6. The first-order chi connectivity index (χ1) is 19.8. The van der Waals surface area contributed by atoms with Gasteiger partial charge in [0.25, 0.3) is 0 Å². The zero-order valence-electron chi connectivity index (χ0n) is 22.6. The van der Waals surface area contributed by atoms with E-state index in [0.717, 1.165) is 33.4 Å². The number of carbonyl (C=O) groups excluding carboxylic acids is 2. The molecular formula is C35H28O6. The van der Waals surface area contributed by atoms with Gasteiger partial charge in [0.1, 0.15) is 0 Å². The second kappa shape index (κ2) is 13.5. The molecule has 0 spiro atoms. The number of aromatic carboxylic acids is 1. The second-order valence-corrected chi connectivity index (χ2v) is 9.09. The molecule has 41 heavy (non-hydrogen) atoms. The Kier molecular flexibility index (Phi) is 9.41. The van der Waals surface area contributed by atoms with Crippen LogP contribution in [0.4, 0.5) is 0 Å². The third-order valence-corrected chi connectivity index (χ3v) is 6.23. The zero-order valence-corrected chi connectivity index (χ0v) is 22.6. The molecule has 0 unspecified atom stereocenters. The molecule has 6 nitrogen and oxygen atoms in total. The van der Waals surface area contributed by atoms with Crippen molar-refractivity contribution in [1.29, 1.82) is 0 Å². The number of rotatable bonds is 9. The molecule has 0 aliphatic carbocycles. The van der Waals surface area contributed by atoms with Gasteiger partial charge in [0, 0.05) is 0 Å². The van der Waals surface area contributed by atoms with E-state index in [1.165, 1.54) is 14.2 Å². The average molecular weight is 545 g/mol. The summed E-state index contributed by atoms with van der Waals surface area (Å²) in [5, 5.41) is 9.14. The van der Waals surface area contributed by atoms with Crippen LogP contribution < -0.4 is 0 Å². The zero-order chi connectivity index (χ0) is 29.2. The smallest absolute Gasteiger partial charge is 0.337 e. The standard InChI is InChI=1S/C35H28O6/c1-40-34(38)31-17-11-25(12-18-31)4-7-28-21-27(6-3-24-9-15-30(16-10-24)33(36)37)22-29(23-28)8-5-26-13-19-32(20-14-26)35(39)41-2/h3-23H,1-2H3,(H,36,37)/b6-3+,7-4+,8-5+. The fraction of sp³-hybridized carbons (Fsp3) is 0.0571. The average Bonchev–Trinajstić information content (AvgIpc) is 3.01. The molecule has 0 amide bonds. The van der Waals surface area contributed by atoms with Crippen molar-refractivity contribution in [2.24, 2.45) is 0 Å². The van der Waals surface area contributed by atoms with E-state index < -0.39 is 5.97 Å².